The summed E-state index contributed by atoms with van der Waals surface area (Å²) in [6.45, 7) is 6.11. The molecular weight excluding hydrogens is 400 g/mol. The molecule has 7 nitrogen and oxygen atoms in total. The molecule has 0 radical (unpaired) electrons. The van der Waals surface area contributed by atoms with Crippen molar-refractivity contribution >= 4 is 27.8 Å². The van der Waals surface area contributed by atoms with Crippen LogP contribution in [0.4, 0.5) is 5.82 Å². The van der Waals surface area contributed by atoms with Gasteiger partial charge in [-0.1, -0.05) is 42.8 Å². The van der Waals surface area contributed by atoms with Crippen LogP contribution in [0, 0.1) is 13.8 Å². The fourth-order valence-corrected chi connectivity index (χ4v) is 4.20. The van der Waals surface area contributed by atoms with Gasteiger partial charge in [0.25, 0.3) is 5.56 Å². The fraction of sp³-hybridized carbons (Fsp3) is 0.200. The van der Waals surface area contributed by atoms with Crippen LogP contribution in [0.2, 0.25) is 0 Å². The lowest BCUT2D eigenvalue weighted by molar-refractivity contribution is 0.688. The second-order valence-corrected chi connectivity index (χ2v) is 8.01. The van der Waals surface area contributed by atoms with Crippen molar-refractivity contribution in [2.24, 2.45) is 0 Å². The van der Waals surface area contributed by atoms with Crippen molar-refractivity contribution in [1.29, 1.82) is 0 Å². The van der Waals surface area contributed by atoms with Gasteiger partial charge in [0.05, 0.1) is 17.8 Å². The van der Waals surface area contributed by atoms with E-state index in [1.807, 2.05) is 60.9 Å². The van der Waals surface area contributed by atoms with Crippen molar-refractivity contribution in [2.45, 2.75) is 33.2 Å². The summed E-state index contributed by atoms with van der Waals surface area (Å²) in [5.41, 5.74) is 5.16. The Bertz CT molecular complexity index is 1480. The number of anilines is 1. The highest BCUT2D eigenvalue weighted by molar-refractivity contribution is 5.86. The first-order valence-corrected chi connectivity index (χ1v) is 10.7. The van der Waals surface area contributed by atoms with Crippen LogP contribution in [-0.2, 0) is 0 Å². The zero-order chi connectivity index (χ0) is 22.2. The molecular formula is C25H24N6O. The summed E-state index contributed by atoms with van der Waals surface area (Å²) in [5, 5.41) is 5.19. The Morgan fingerprint density at radius 1 is 1.06 bits per heavy atom. The van der Waals surface area contributed by atoms with Crippen LogP contribution >= 0.6 is 0 Å². The summed E-state index contributed by atoms with van der Waals surface area (Å²) in [6.07, 6.45) is 3.85. The quantitative estimate of drug-likeness (QED) is 0.422. The maximum atomic E-state index is 13.8. The number of H-pyrrole nitrogens is 1. The lowest BCUT2D eigenvalue weighted by Crippen LogP contribution is -2.27. The maximum absolute atomic E-state index is 13.8. The topological polar surface area (TPSA) is 88.5 Å². The molecule has 0 aliphatic heterocycles. The molecule has 3 heterocycles. The largest absolute Gasteiger partial charge is 0.360 e. The summed E-state index contributed by atoms with van der Waals surface area (Å²) in [4.78, 5) is 29.7. The van der Waals surface area contributed by atoms with Crippen LogP contribution in [-0.4, -0.2) is 24.5 Å². The minimum Gasteiger partial charge on any atom is -0.360 e. The van der Waals surface area contributed by atoms with Crippen LogP contribution in [0.25, 0.3) is 27.6 Å². The van der Waals surface area contributed by atoms with E-state index in [1.54, 1.807) is 6.33 Å². The average molecular weight is 425 g/mol. The van der Waals surface area contributed by atoms with Gasteiger partial charge in [-0.2, -0.15) is 0 Å². The van der Waals surface area contributed by atoms with E-state index >= 15 is 0 Å². The molecule has 160 valence electrons. The monoisotopic (exact) mass is 424 g/mol. The number of fused-ring (bicyclic) bond motifs is 2. The van der Waals surface area contributed by atoms with Gasteiger partial charge in [-0.3, -0.25) is 9.36 Å². The minimum absolute atomic E-state index is 0.0194. The normalized spacial score (nSPS) is 12.3. The zero-order valence-corrected chi connectivity index (χ0v) is 18.3. The number of aryl methyl sites for hydroxylation is 2. The van der Waals surface area contributed by atoms with Crippen LogP contribution < -0.4 is 10.9 Å². The van der Waals surface area contributed by atoms with Gasteiger partial charge in [0.2, 0.25) is 0 Å². The Morgan fingerprint density at radius 3 is 2.66 bits per heavy atom. The van der Waals surface area contributed by atoms with Crippen molar-refractivity contribution in [1.82, 2.24) is 24.5 Å². The molecule has 7 heteroatoms. The lowest BCUT2D eigenvalue weighted by atomic mass is 10.0. The first-order chi connectivity index (χ1) is 15.6. The van der Waals surface area contributed by atoms with Gasteiger partial charge in [0.15, 0.2) is 11.5 Å². The Balaban J connectivity index is 1.74. The fourth-order valence-electron chi connectivity index (χ4n) is 4.20. The van der Waals surface area contributed by atoms with Gasteiger partial charge in [0.1, 0.15) is 11.8 Å². The molecule has 5 aromatic rings. The summed E-state index contributed by atoms with van der Waals surface area (Å²) in [5.74, 6) is 0.659. The number of aromatic nitrogens is 5. The molecule has 1 atom stereocenters. The lowest BCUT2D eigenvalue weighted by Gasteiger charge is -2.24. The summed E-state index contributed by atoms with van der Waals surface area (Å²) in [6, 6.07) is 16.0. The Morgan fingerprint density at radius 2 is 1.88 bits per heavy atom. The predicted molar refractivity (Wildman–Crippen MR) is 127 cm³/mol. The maximum Gasteiger partial charge on any atom is 0.263 e. The Hall–Kier alpha value is -4.00. The van der Waals surface area contributed by atoms with Gasteiger partial charge >= 0.3 is 0 Å². The van der Waals surface area contributed by atoms with Crippen LogP contribution in [0.3, 0.4) is 0 Å². The van der Waals surface area contributed by atoms with E-state index in [1.165, 1.54) is 6.33 Å². The standard InChI is InChI=1S/C25H24N6O/c1-4-19(30-24-22-23(27-13-26-22)28-14-29-24)20-12-17-7-5-6-16(3)21(17)25(32)31(20)18-10-8-15(2)9-11-18/h5-14,19H,4H2,1-3H3,(H2,26,27,28,29,30). The third-order valence-electron chi connectivity index (χ3n) is 5.87. The number of pyridine rings is 1. The molecule has 2 N–H and O–H groups in total. The molecule has 32 heavy (non-hydrogen) atoms. The predicted octanol–water partition coefficient (Wildman–Crippen LogP) is 4.84. The number of aromatic amines is 1. The number of rotatable bonds is 5. The Labute approximate surface area is 185 Å². The first kappa shape index (κ1) is 19.9. The molecule has 0 aliphatic rings. The van der Waals surface area contributed by atoms with Crippen molar-refractivity contribution in [3.05, 3.63) is 88.4 Å². The highest BCUT2D eigenvalue weighted by atomic mass is 16.1. The van der Waals surface area contributed by atoms with E-state index in [2.05, 4.69) is 38.2 Å². The molecule has 0 saturated heterocycles. The highest BCUT2D eigenvalue weighted by Gasteiger charge is 2.20. The third kappa shape index (κ3) is 3.32. The number of hydrogen-bond acceptors (Lipinski definition) is 5. The number of hydrogen-bond donors (Lipinski definition) is 2. The molecule has 3 aromatic heterocycles. The summed E-state index contributed by atoms with van der Waals surface area (Å²) in [7, 11) is 0. The SMILES string of the molecule is CCC(Nc1ncnc2nc[nH]c12)c1cc2cccc(C)c2c(=O)n1-c1ccc(C)cc1. The number of nitrogens with one attached hydrogen (secondary N) is 2. The van der Waals surface area contributed by atoms with E-state index in [9.17, 15) is 4.79 Å². The van der Waals surface area contributed by atoms with Crippen molar-refractivity contribution in [3.63, 3.8) is 0 Å². The molecule has 0 spiro atoms. The number of imidazole rings is 1. The van der Waals surface area contributed by atoms with Gasteiger partial charge < -0.3 is 10.3 Å². The smallest absolute Gasteiger partial charge is 0.263 e. The number of benzene rings is 2. The molecule has 5 rings (SSSR count). The van der Waals surface area contributed by atoms with E-state index in [0.29, 0.717) is 11.5 Å². The molecule has 0 aliphatic carbocycles. The van der Waals surface area contributed by atoms with Crippen LogP contribution in [0.15, 0.2) is 66.0 Å². The molecule has 2 aromatic carbocycles. The van der Waals surface area contributed by atoms with E-state index in [4.69, 9.17) is 0 Å². The summed E-state index contributed by atoms with van der Waals surface area (Å²) < 4.78 is 1.82. The first-order valence-electron chi connectivity index (χ1n) is 10.7. The van der Waals surface area contributed by atoms with Crippen molar-refractivity contribution in [2.75, 3.05) is 5.32 Å². The Kier molecular flexibility index (Phi) is 4.93. The van der Waals surface area contributed by atoms with Crippen LogP contribution in [0.1, 0.15) is 36.2 Å². The molecule has 0 bridgehead atoms. The van der Waals surface area contributed by atoms with Gasteiger partial charge in [-0.15, -0.1) is 0 Å². The highest BCUT2D eigenvalue weighted by Crippen LogP contribution is 2.28. The van der Waals surface area contributed by atoms with Crippen molar-refractivity contribution < 1.29 is 0 Å². The van der Waals surface area contributed by atoms with Crippen molar-refractivity contribution in [3.8, 4) is 5.69 Å². The van der Waals surface area contributed by atoms with Gasteiger partial charge in [-0.25, -0.2) is 15.0 Å². The average Bonchev–Trinajstić information content (AvgIpc) is 3.28. The minimum atomic E-state index is -0.157. The van der Waals surface area contributed by atoms with Crippen LogP contribution in [0.5, 0.6) is 0 Å². The molecule has 0 fully saturated rings. The molecule has 1 unspecified atom stereocenters. The zero-order valence-electron chi connectivity index (χ0n) is 18.3. The second-order valence-electron chi connectivity index (χ2n) is 8.01. The van der Waals surface area contributed by atoms with E-state index < -0.39 is 0 Å². The van der Waals surface area contributed by atoms with Gasteiger partial charge in [0, 0.05) is 11.4 Å². The number of nitrogens with zero attached hydrogens (tertiary/aromatic N) is 4. The molecule has 0 amide bonds. The van der Waals surface area contributed by atoms with E-state index in [0.717, 1.165) is 45.2 Å². The van der Waals surface area contributed by atoms with Gasteiger partial charge in [-0.05, 0) is 49.4 Å². The summed E-state index contributed by atoms with van der Waals surface area (Å²) >= 11 is 0. The third-order valence-corrected chi connectivity index (χ3v) is 5.87. The molecule has 0 saturated carbocycles. The van der Waals surface area contributed by atoms with E-state index in [-0.39, 0.29) is 11.6 Å². The second kappa shape index (κ2) is 7.92.